The lowest BCUT2D eigenvalue weighted by atomic mass is 10.2. The molecule has 7 nitrogen and oxygen atoms in total. The summed E-state index contributed by atoms with van der Waals surface area (Å²) in [6, 6.07) is -0.351. The van der Waals surface area contributed by atoms with Gasteiger partial charge in [0.1, 0.15) is 0 Å². The summed E-state index contributed by atoms with van der Waals surface area (Å²) < 4.78 is 0. The molecule has 20 heavy (non-hydrogen) atoms. The molecule has 0 aromatic carbocycles. The lowest BCUT2D eigenvalue weighted by Crippen LogP contribution is -2.43. The number of unbranched alkanes of at least 4 members (excludes halogenated alkanes) is 2. The number of carboxylic acids is 1. The van der Waals surface area contributed by atoms with Crippen LogP contribution in [0.4, 0.5) is 4.79 Å². The van der Waals surface area contributed by atoms with Crippen molar-refractivity contribution in [2.75, 3.05) is 26.2 Å². The number of hydrogen-bond donors (Lipinski definition) is 3. The van der Waals surface area contributed by atoms with E-state index in [1.165, 1.54) is 0 Å². The van der Waals surface area contributed by atoms with Crippen LogP contribution in [0.25, 0.3) is 0 Å². The molecule has 7 heteroatoms. The Morgan fingerprint density at radius 1 is 1.00 bits per heavy atom. The molecular weight excluding hydrogens is 262 g/mol. The van der Waals surface area contributed by atoms with Crippen molar-refractivity contribution >= 4 is 17.9 Å². The van der Waals surface area contributed by atoms with Crippen LogP contribution in [0.3, 0.4) is 0 Å². The van der Waals surface area contributed by atoms with Gasteiger partial charge in [-0.3, -0.25) is 9.59 Å². The van der Waals surface area contributed by atoms with E-state index in [4.69, 9.17) is 5.11 Å². The lowest BCUT2D eigenvalue weighted by molar-refractivity contribution is -0.137. The van der Waals surface area contributed by atoms with Gasteiger partial charge in [-0.2, -0.15) is 0 Å². The highest BCUT2D eigenvalue weighted by molar-refractivity contribution is 5.84. The Labute approximate surface area is 118 Å². The normalized spacial score (nSPS) is 14.1. The van der Waals surface area contributed by atoms with E-state index in [0.29, 0.717) is 13.0 Å². The van der Waals surface area contributed by atoms with Crippen molar-refractivity contribution in [1.29, 1.82) is 0 Å². The van der Waals surface area contributed by atoms with Gasteiger partial charge in [-0.05, 0) is 25.7 Å². The number of aliphatic carboxylic acids is 1. The highest BCUT2D eigenvalue weighted by Crippen LogP contribution is 2.06. The second-order valence-corrected chi connectivity index (χ2v) is 4.90. The van der Waals surface area contributed by atoms with Crippen LogP contribution in [0.1, 0.15) is 38.5 Å². The predicted molar refractivity (Wildman–Crippen MR) is 73.3 cm³/mol. The maximum absolute atomic E-state index is 11.7. The van der Waals surface area contributed by atoms with Crippen molar-refractivity contribution in [3.8, 4) is 0 Å². The molecule has 0 spiro atoms. The van der Waals surface area contributed by atoms with Gasteiger partial charge >= 0.3 is 12.0 Å². The molecule has 1 saturated heterocycles. The molecule has 1 aliphatic heterocycles. The average Bonchev–Trinajstić information content (AvgIpc) is 2.93. The van der Waals surface area contributed by atoms with E-state index in [9.17, 15) is 14.4 Å². The second kappa shape index (κ2) is 9.17. The first-order chi connectivity index (χ1) is 9.59. The van der Waals surface area contributed by atoms with Gasteiger partial charge in [-0.1, -0.05) is 6.42 Å². The quantitative estimate of drug-likeness (QED) is 0.567. The molecule has 3 amide bonds. The molecule has 1 fully saturated rings. The molecule has 1 heterocycles. The molecule has 1 aliphatic rings. The summed E-state index contributed by atoms with van der Waals surface area (Å²) in [5, 5.41) is 13.6. The SMILES string of the molecule is O=C(O)CCCCCNC(=O)NCC(=O)N1CCCC1. The highest BCUT2D eigenvalue weighted by Gasteiger charge is 2.17. The average molecular weight is 285 g/mol. The molecule has 0 aromatic heterocycles. The summed E-state index contributed by atoms with van der Waals surface area (Å²) in [4.78, 5) is 35.1. The maximum Gasteiger partial charge on any atom is 0.315 e. The van der Waals surface area contributed by atoms with Gasteiger partial charge in [-0.25, -0.2) is 4.79 Å². The van der Waals surface area contributed by atoms with Crippen LogP contribution < -0.4 is 10.6 Å². The minimum absolute atomic E-state index is 0.0326. The van der Waals surface area contributed by atoms with Crippen molar-refractivity contribution in [2.45, 2.75) is 38.5 Å². The van der Waals surface area contributed by atoms with Crippen LogP contribution in [-0.4, -0.2) is 54.1 Å². The second-order valence-electron chi connectivity index (χ2n) is 4.90. The number of nitrogens with one attached hydrogen (secondary N) is 2. The van der Waals surface area contributed by atoms with Crippen molar-refractivity contribution in [2.24, 2.45) is 0 Å². The number of hydrogen-bond acceptors (Lipinski definition) is 3. The molecule has 0 radical (unpaired) electrons. The Bertz CT molecular complexity index is 341. The molecule has 1 rings (SSSR count). The number of amides is 3. The number of carboxylic acid groups (broad SMARTS) is 1. The van der Waals surface area contributed by atoms with E-state index in [-0.39, 0.29) is 24.9 Å². The van der Waals surface area contributed by atoms with Gasteiger partial charge in [0.2, 0.25) is 5.91 Å². The Morgan fingerprint density at radius 2 is 1.70 bits per heavy atom. The first-order valence-corrected chi connectivity index (χ1v) is 7.11. The zero-order chi connectivity index (χ0) is 14.8. The molecule has 0 atom stereocenters. The minimum atomic E-state index is -0.795. The first-order valence-electron chi connectivity index (χ1n) is 7.11. The Kier molecular flexibility index (Phi) is 7.46. The van der Waals surface area contributed by atoms with E-state index < -0.39 is 5.97 Å². The topological polar surface area (TPSA) is 98.7 Å². The summed E-state index contributed by atoms with van der Waals surface area (Å²) in [5.74, 6) is -0.838. The molecule has 3 N–H and O–H groups in total. The summed E-state index contributed by atoms with van der Waals surface area (Å²) in [7, 11) is 0. The number of urea groups is 1. The standard InChI is InChI=1S/C13H23N3O4/c17-11(16-8-4-5-9-16)10-15-13(20)14-7-3-1-2-6-12(18)19/h1-10H2,(H,18,19)(H2,14,15,20). The fourth-order valence-corrected chi connectivity index (χ4v) is 2.08. The van der Waals surface area contributed by atoms with Crippen molar-refractivity contribution in [3.05, 3.63) is 0 Å². The minimum Gasteiger partial charge on any atom is -0.481 e. The van der Waals surface area contributed by atoms with E-state index >= 15 is 0 Å². The summed E-state index contributed by atoms with van der Waals surface area (Å²) >= 11 is 0. The van der Waals surface area contributed by atoms with Gasteiger partial charge in [0, 0.05) is 26.1 Å². The zero-order valence-electron chi connectivity index (χ0n) is 11.7. The van der Waals surface area contributed by atoms with Gasteiger partial charge < -0.3 is 20.6 Å². The molecular formula is C13H23N3O4. The van der Waals surface area contributed by atoms with Gasteiger partial charge in [0.25, 0.3) is 0 Å². The van der Waals surface area contributed by atoms with Crippen LogP contribution >= 0.6 is 0 Å². The number of rotatable bonds is 8. The van der Waals surface area contributed by atoms with Crippen LogP contribution in [0.15, 0.2) is 0 Å². The Balaban J connectivity index is 1.97. The maximum atomic E-state index is 11.7. The largest absolute Gasteiger partial charge is 0.481 e. The number of carbonyl (C=O) groups is 3. The monoisotopic (exact) mass is 285 g/mol. The smallest absolute Gasteiger partial charge is 0.315 e. The van der Waals surface area contributed by atoms with E-state index in [1.54, 1.807) is 4.90 Å². The molecule has 0 aromatic rings. The third kappa shape index (κ3) is 6.96. The number of likely N-dealkylation sites (tertiary alicyclic amines) is 1. The molecule has 0 aliphatic carbocycles. The number of nitrogens with zero attached hydrogens (tertiary/aromatic N) is 1. The van der Waals surface area contributed by atoms with Crippen LogP contribution in [0.5, 0.6) is 0 Å². The van der Waals surface area contributed by atoms with E-state index in [1.807, 2.05) is 0 Å². The van der Waals surface area contributed by atoms with Crippen LogP contribution in [0, 0.1) is 0 Å². The fourth-order valence-electron chi connectivity index (χ4n) is 2.08. The van der Waals surface area contributed by atoms with E-state index in [0.717, 1.165) is 38.8 Å². The zero-order valence-corrected chi connectivity index (χ0v) is 11.7. The number of carbonyl (C=O) groups excluding carboxylic acids is 2. The molecule has 0 saturated carbocycles. The first kappa shape index (κ1) is 16.3. The highest BCUT2D eigenvalue weighted by atomic mass is 16.4. The summed E-state index contributed by atoms with van der Waals surface area (Å²) in [6.45, 7) is 2.09. The van der Waals surface area contributed by atoms with Gasteiger partial charge in [0.15, 0.2) is 0 Å². The van der Waals surface area contributed by atoms with E-state index in [2.05, 4.69) is 10.6 Å². The predicted octanol–water partition coefficient (Wildman–Crippen LogP) is 0.553. The lowest BCUT2D eigenvalue weighted by Gasteiger charge is -2.15. The van der Waals surface area contributed by atoms with Crippen LogP contribution in [0.2, 0.25) is 0 Å². The van der Waals surface area contributed by atoms with Crippen molar-refractivity contribution in [1.82, 2.24) is 15.5 Å². The Morgan fingerprint density at radius 3 is 2.35 bits per heavy atom. The van der Waals surface area contributed by atoms with Crippen molar-refractivity contribution < 1.29 is 19.5 Å². The third-order valence-corrected chi connectivity index (χ3v) is 3.21. The summed E-state index contributed by atoms with van der Waals surface area (Å²) in [5.41, 5.74) is 0. The molecule has 0 unspecified atom stereocenters. The molecule has 114 valence electrons. The Hall–Kier alpha value is -1.79. The third-order valence-electron chi connectivity index (χ3n) is 3.21. The molecule has 0 bridgehead atoms. The fraction of sp³-hybridized carbons (Fsp3) is 0.769. The van der Waals surface area contributed by atoms with Gasteiger partial charge in [0.05, 0.1) is 6.54 Å². The summed E-state index contributed by atoms with van der Waals surface area (Å²) in [6.07, 6.45) is 4.35. The van der Waals surface area contributed by atoms with Crippen molar-refractivity contribution in [3.63, 3.8) is 0 Å². The van der Waals surface area contributed by atoms with Crippen LogP contribution in [-0.2, 0) is 9.59 Å². The van der Waals surface area contributed by atoms with Gasteiger partial charge in [-0.15, -0.1) is 0 Å².